The lowest BCUT2D eigenvalue weighted by Gasteiger charge is -2.07. The summed E-state index contributed by atoms with van der Waals surface area (Å²) in [5.74, 6) is 0. The van der Waals surface area contributed by atoms with Crippen LogP contribution in [-0.4, -0.2) is 17.7 Å². The highest BCUT2D eigenvalue weighted by molar-refractivity contribution is 6.19. The van der Waals surface area contributed by atoms with Crippen LogP contribution in [0.5, 0.6) is 0 Å². The molecule has 0 saturated heterocycles. The van der Waals surface area contributed by atoms with Gasteiger partial charge in [0.2, 0.25) is 5.71 Å². The van der Waals surface area contributed by atoms with Gasteiger partial charge < -0.3 is 4.42 Å². The number of aliphatic imine (C=N–C) groups is 1. The van der Waals surface area contributed by atoms with Crippen molar-refractivity contribution in [3.05, 3.63) is 53.2 Å². The van der Waals surface area contributed by atoms with Gasteiger partial charge in [-0.25, -0.2) is 4.98 Å². The van der Waals surface area contributed by atoms with E-state index in [9.17, 15) is 0 Å². The minimum absolute atomic E-state index is 0.673. The van der Waals surface area contributed by atoms with Crippen LogP contribution in [0.4, 0.5) is 0 Å². The second-order valence-corrected chi connectivity index (χ2v) is 5.42. The molecule has 1 aromatic carbocycles. The molecule has 2 aromatic heterocycles. The van der Waals surface area contributed by atoms with Crippen molar-refractivity contribution < 1.29 is 4.42 Å². The summed E-state index contributed by atoms with van der Waals surface area (Å²) in [6.45, 7) is 6.22. The maximum atomic E-state index is 6.01. The highest BCUT2D eigenvalue weighted by atomic mass is 16.3. The van der Waals surface area contributed by atoms with Crippen LogP contribution in [0, 0.1) is 6.92 Å². The first-order valence-corrected chi connectivity index (χ1v) is 7.00. The molecular weight excluding hydrogens is 260 g/mol. The van der Waals surface area contributed by atoms with E-state index in [2.05, 4.69) is 49.0 Å². The van der Waals surface area contributed by atoms with Gasteiger partial charge in [-0.15, -0.1) is 0 Å². The third-order valence-corrected chi connectivity index (χ3v) is 3.55. The van der Waals surface area contributed by atoms with Crippen LogP contribution < -0.4 is 0 Å². The van der Waals surface area contributed by atoms with Crippen molar-refractivity contribution in [1.82, 2.24) is 4.98 Å². The van der Waals surface area contributed by atoms with Gasteiger partial charge in [0.15, 0.2) is 0 Å². The fourth-order valence-electron chi connectivity index (χ4n) is 2.61. The molecule has 106 valence electrons. The number of nitrogens with zero attached hydrogens (tertiary/aromatic N) is 2. The Labute approximate surface area is 124 Å². The van der Waals surface area contributed by atoms with Crippen LogP contribution in [0.25, 0.3) is 22.1 Å². The molecule has 0 atom stereocenters. The largest absolute Gasteiger partial charge is 0.437 e. The molecule has 0 unspecified atom stereocenters. The van der Waals surface area contributed by atoms with Crippen LogP contribution in [-0.2, 0) is 0 Å². The molecule has 2 heterocycles. The van der Waals surface area contributed by atoms with Crippen molar-refractivity contribution in [2.24, 2.45) is 4.99 Å². The van der Waals surface area contributed by atoms with Gasteiger partial charge in [0, 0.05) is 29.6 Å². The topological polar surface area (TPSA) is 38.4 Å². The fourth-order valence-corrected chi connectivity index (χ4v) is 2.61. The molecule has 0 saturated carbocycles. The van der Waals surface area contributed by atoms with Crippen molar-refractivity contribution in [3.8, 4) is 0 Å². The maximum Gasteiger partial charge on any atom is 0.227 e. The highest BCUT2D eigenvalue weighted by Crippen LogP contribution is 2.32. The molecule has 3 heteroatoms. The van der Waals surface area contributed by atoms with Crippen molar-refractivity contribution in [3.63, 3.8) is 0 Å². The predicted molar refractivity (Wildman–Crippen MR) is 88.1 cm³/mol. The van der Waals surface area contributed by atoms with Crippen LogP contribution in [0.1, 0.15) is 25.0 Å². The average Bonchev–Trinajstić information content (AvgIpc) is 2.83. The number of furan rings is 1. The van der Waals surface area contributed by atoms with E-state index in [1.807, 2.05) is 19.2 Å². The van der Waals surface area contributed by atoms with E-state index < -0.39 is 0 Å². The third-order valence-electron chi connectivity index (χ3n) is 3.55. The Morgan fingerprint density at radius 2 is 2.00 bits per heavy atom. The minimum Gasteiger partial charge on any atom is -0.437 e. The van der Waals surface area contributed by atoms with E-state index >= 15 is 0 Å². The molecule has 3 nitrogen and oxygen atoms in total. The summed E-state index contributed by atoms with van der Waals surface area (Å²) in [6.07, 6.45) is 3.84. The first-order valence-electron chi connectivity index (χ1n) is 7.00. The molecule has 0 aliphatic heterocycles. The Bertz CT molecular complexity index is 881. The molecule has 0 aliphatic rings. The minimum atomic E-state index is 0.673. The molecule has 0 radical (unpaired) electrons. The molecule has 0 fully saturated rings. The highest BCUT2D eigenvalue weighted by Gasteiger charge is 2.16. The molecule has 0 N–H and O–H groups in total. The summed E-state index contributed by atoms with van der Waals surface area (Å²) in [5.41, 5.74) is 5.89. The number of benzene rings is 1. The Kier molecular flexibility index (Phi) is 3.34. The zero-order valence-electron chi connectivity index (χ0n) is 12.8. The number of hydrogen-bond acceptors (Lipinski definition) is 3. The molecule has 3 aromatic rings. The molecule has 0 amide bonds. The Balaban J connectivity index is 2.41. The monoisotopic (exact) mass is 278 g/mol. The summed E-state index contributed by atoms with van der Waals surface area (Å²) < 4.78 is 6.01. The second-order valence-electron chi connectivity index (χ2n) is 5.42. The Hall–Kier alpha value is -2.42. The van der Waals surface area contributed by atoms with E-state index in [-0.39, 0.29) is 0 Å². The first-order chi connectivity index (χ1) is 10.1. The quantitative estimate of drug-likeness (QED) is 0.639. The van der Waals surface area contributed by atoms with Crippen LogP contribution in [0.3, 0.4) is 0 Å². The Morgan fingerprint density at radius 1 is 1.19 bits per heavy atom. The SMILES string of the molecule is C/N=C(/C=C(C)C)c1c(C)ccc2c1oc1ncccc12. The van der Waals surface area contributed by atoms with Crippen molar-refractivity contribution in [2.45, 2.75) is 20.8 Å². The lowest BCUT2D eigenvalue weighted by molar-refractivity contribution is 0.653. The van der Waals surface area contributed by atoms with Gasteiger partial charge in [-0.3, -0.25) is 4.99 Å². The predicted octanol–water partition coefficient (Wildman–Crippen LogP) is 4.67. The molecule has 21 heavy (non-hydrogen) atoms. The normalized spacial score (nSPS) is 12.1. The van der Waals surface area contributed by atoms with E-state index in [1.165, 1.54) is 5.57 Å². The van der Waals surface area contributed by atoms with Crippen molar-refractivity contribution in [1.29, 1.82) is 0 Å². The van der Waals surface area contributed by atoms with Crippen LogP contribution in [0.15, 0.2) is 51.5 Å². The molecule has 0 aliphatic carbocycles. The number of aromatic nitrogens is 1. The summed E-state index contributed by atoms with van der Waals surface area (Å²) in [5, 5.41) is 2.13. The molecule has 0 spiro atoms. The zero-order chi connectivity index (χ0) is 15.0. The number of pyridine rings is 1. The van der Waals surface area contributed by atoms with Gasteiger partial charge >= 0.3 is 0 Å². The van der Waals surface area contributed by atoms with Crippen LogP contribution in [0.2, 0.25) is 0 Å². The lowest BCUT2D eigenvalue weighted by atomic mass is 9.99. The van der Waals surface area contributed by atoms with Gasteiger partial charge in [0.25, 0.3) is 0 Å². The zero-order valence-corrected chi connectivity index (χ0v) is 12.8. The molecule has 0 bridgehead atoms. The van der Waals surface area contributed by atoms with Gasteiger partial charge in [0.05, 0.1) is 5.71 Å². The number of hydrogen-bond donors (Lipinski definition) is 0. The van der Waals surface area contributed by atoms with Gasteiger partial charge in [-0.1, -0.05) is 17.7 Å². The van der Waals surface area contributed by atoms with Gasteiger partial charge in [-0.2, -0.15) is 0 Å². The van der Waals surface area contributed by atoms with Gasteiger partial charge in [-0.05, 0) is 44.5 Å². The van der Waals surface area contributed by atoms with E-state index in [4.69, 9.17) is 4.42 Å². The summed E-state index contributed by atoms with van der Waals surface area (Å²) in [4.78, 5) is 8.75. The Morgan fingerprint density at radius 3 is 2.71 bits per heavy atom. The average molecular weight is 278 g/mol. The van der Waals surface area contributed by atoms with E-state index in [0.29, 0.717) is 5.71 Å². The standard InChI is InChI=1S/C18H18N2O/c1-11(2)10-15(19-4)16-12(3)7-8-13-14-6-5-9-20-18(14)21-17(13)16/h5-10H,1-4H3/b19-15-. The first kappa shape index (κ1) is 13.6. The van der Waals surface area contributed by atoms with Gasteiger partial charge in [0.1, 0.15) is 5.58 Å². The third kappa shape index (κ3) is 2.25. The van der Waals surface area contributed by atoms with Crippen molar-refractivity contribution in [2.75, 3.05) is 7.05 Å². The smallest absolute Gasteiger partial charge is 0.227 e. The second kappa shape index (κ2) is 5.17. The van der Waals surface area contributed by atoms with E-state index in [0.717, 1.165) is 33.2 Å². The molecular formula is C18H18N2O. The fraction of sp³-hybridized carbons (Fsp3) is 0.222. The lowest BCUT2D eigenvalue weighted by Crippen LogP contribution is -2.01. The number of allylic oxidation sites excluding steroid dienone is 2. The number of rotatable bonds is 2. The van der Waals surface area contributed by atoms with E-state index in [1.54, 1.807) is 6.20 Å². The maximum absolute atomic E-state index is 6.01. The summed E-state index contributed by atoms with van der Waals surface area (Å²) >= 11 is 0. The summed E-state index contributed by atoms with van der Waals surface area (Å²) in [7, 11) is 1.81. The number of aryl methyl sites for hydroxylation is 1. The van der Waals surface area contributed by atoms with Crippen LogP contribution >= 0.6 is 0 Å². The summed E-state index contributed by atoms with van der Waals surface area (Å²) in [6, 6.07) is 8.18. The van der Waals surface area contributed by atoms with Crippen molar-refractivity contribution >= 4 is 27.8 Å². The molecule has 3 rings (SSSR count). The number of fused-ring (bicyclic) bond motifs is 3.